The monoisotopic (exact) mass is 333 g/mol. The van der Waals surface area contributed by atoms with Crippen LogP contribution in [0.2, 0.25) is 0 Å². The van der Waals surface area contributed by atoms with E-state index in [9.17, 15) is 0 Å². The van der Waals surface area contributed by atoms with Crippen LogP contribution >= 0.6 is 23.1 Å². The summed E-state index contributed by atoms with van der Waals surface area (Å²) in [4.78, 5) is 7.32. The molecule has 1 atom stereocenters. The first kappa shape index (κ1) is 14.8. The lowest BCUT2D eigenvalue weighted by Gasteiger charge is -2.36. The van der Waals surface area contributed by atoms with E-state index in [-0.39, 0.29) is 0 Å². The molecule has 0 aliphatic carbocycles. The predicted molar refractivity (Wildman–Crippen MR) is 98.3 cm³/mol. The molecule has 0 saturated carbocycles. The molecule has 0 spiro atoms. The van der Waals surface area contributed by atoms with Crippen LogP contribution in [0.15, 0.2) is 24.3 Å². The number of thioether (sulfide) groups is 1. The molecule has 2 saturated heterocycles. The number of para-hydroxylation sites is 1. The van der Waals surface area contributed by atoms with Gasteiger partial charge in [0.15, 0.2) is 5.13 Å². The Morgan fingerprint density at radius 2 is 1.95 bits per heavy atom. The highest BCUT2D eigenvalue weighted by Gasteiger charge is 2.25. The van der Waals surface area contributed by atoms with Crippen LogP contribution < -0.4 is 10.2 Å². The smallest absolute Gasteiger partial charge is 0.186 e. The number of fused-ring (bicyclic) bond motifs is 1. The van der Waals surface area contributed by atoms with E-state index < -0.39 is 0 Å². The Hall–Kier alpha value is -0.780. The molecular formula is C17H23N3S2. The average molecular weight is 334 g/mol. The summed E-state index contributed by atoms with van der Waals surface area (Å²) < 4.78 is 1.30. The van der Waals surface area contributed by atoms with Crippen molar-refractivity contribution in [3.05, 3.63) is 24.3 Å². The minimum absolute atomic E-state index is 0.633. The van der Waals surface area contributed by atoms with Crippen LogP contribution in [0.1, 0.15) is 25.7 Å². The molecule has 118 valence electrons. The van der Waals surface area contributed by atoms with E-state index in [2.05, 4.69) is 46.2 Å². The number of anilines is 1. The fraction of sp³-hybridized carbons (Fsp3) is 0.588. The SMILES string of the molecule is c1ccc2sc(N3CCC[C@@H](NC4CCSCC4)C3)nc2c1. The van der Waals surface area contributed by atoms with Crippen LogP contribution in [0.5, 0.6) is 0 Å². The number of hydrogen-bond donors (Lipinski definition) is 1. The number of nitrogens with zero attached hydrogens (tertiary/aromatic N) is 2. The zero-order valence-electron chi connectivity index (χ0n) is 12.8. The number of benzene rings is 1. The molecule has 2 fully saturated rings. The van der Waals surface area contributed by atoms with Crippen molar-refractivity contribution in [1.82, 2.24) is 10.3 Å². The van der Waals surface area contributed by atoms with Gasteiger partial charge in [0.1, 0.15) is 0 Å². The van der Waals surface area contributed by atoms with E-state index >= 15 is 0 Å². The molecule has 1 aromatic carbocycles. The zero-order valence-corrected chi connectivity index (χ0v) is 14.5. The fourth-order valence-electron chi connectivity index (χ4n) is 3.48. The Labute approximate surface area is 140 Å². The number of thiazole rings is 1. The maximum Gasteiger partial charge on any atom is 0.186 e. The van der Waals surface area contributed by atoms with Gasteiger partial charge in [0.2, 0.25) is 0 Å². The van der Waals surface area contributed by atoms with Crippen molar-refractivity contribution in [1.29, 1.82) is 0 Å². The number of piperidine rings is 1. The quantitative estimate of drug-likeness (QED) is 0.926. The van der Waals surface area contributed by atoms with E-state index in [1.165, 1.54) is 47.0 Å². The first-order chi connectivity index (χ1) is 10.9. The second-order valence-corrected chi connectivity index (χ2v) is 8.54. The highest BCUT2D eigenvalue weighted by atomic mass is 32.2. The highest BCUT2D eigenvalue weighted by molar-refractivity contribution is 7.99. The molecular weight excluding hydrogens is 310 g/mol. The van der Waals surface area contributed by atoms with E-state index in [0.29, 0.717) is 6.04 Å². The molecule has 4 rings (SSSR count). The van der Waals surface area contributed by atoms with Gasteiger partial charge in [-0.1, -0.05) is 23.5 Å². The summed E-state index contributed by atoms with van der Waals surface area (Å²) >= 11 is 3.94. The maximum absolute atomic E-state index is 4.83. The van der Waals surface area contributed by atoms with Crippen molar-refractivity contribution in [3.63, 3.8) is 0 Å². The van der Waals surface area contributed by atoms with Crippen LogP contribution in [-0.2, 0) is 0 Å². The zero-order chi connectivity index (χ0) is 14.8. The lowest BCUT2D eigenvalue weighted by molar-refractivity contribution is 0.360. The largest absolute Gasteiger partial charge is 0.347 e. The highest BCUT2D eigenvalue weighted by Crippen LogP contribution is 2.30. The average Bonchev–Trinajstić information content (AvgIpc) is 3.00. The topological polar surface area (TPSA) is 28.2 Å². The van der Waals surface area contributed by atoms with Gasteiger partial charge >= 0.3 is 0 Å². The molecule has 22 heavy (non-hydrogen) atoms. The molecule has 0 amide bonds. The lowest BCUT2D eigenvalue weighted by Crippen LogP contribution is -2.50. The Balaban J connectivity index is 1.43. The number of nitrogens with one attached hydrogen (secondary N) is 1. The summed E-state index contributed by atoms with van der Waals surface area (Å²) in [5.41, 5.74) is 1.14. The minimum atomic E-state index is 0.633. The van der Waals surface area contributed by atoms with Gasteiger partial charge in [-0.15, -0.1) is 0 Å². The first-order valence-electron chi connectivity index (χ1n) is 8.33. The van der Waals surface area contributed by atoms with Crippen LogP contribution in [0.25, 0.3) is 10.2 Å². The van der Waals surface area contributed by atoms with Crippen LogP contribution in [-0.4, -0.2) is 41.7 Å². The Kier molecular flexibility index (Phi) is 4.55. The van der Waals surface area contributed by atoms with Crippen LogP contribution in [0.3, 0.4) is 0 Å². The molecule has 1 N–H and O–H groups in total. The van der Waals surface area contributed by atoms with E-state index in [1.54, 1.807) is 0 Å². The Bertz CT molecular complexity index is 588. The van der Waals surface area contributed by atoms with Crippen molar-refractivity contribution in [2.24, 2.45) is 0 Å². The van der Waals surface area contributed by atoms with Gasteiger partial charge in [-0.25, -0.2) is 4.98 Å². The lowest BCUT2D eigenvalue weighted by atomic mass is 10.0. The van der Waals surface area contributed by atoms with E-state index in [4.69, 9.17) is 4.98 Å². The fourth-order valence-corrected chi connectivity index (χ4v) is 5.59. The minimum Gasteiger partial charge on any atom is -0.347 e. The van der Waals surface area contributed by atoms with Gasteiger partial charge in [0.25, 0.3) is 0 Å². The molecule has 0 bridgehead atoms. The van der Waals surface area contributed by atoms with Gasteiger partial charge in [-0.2, -0.15) is 11.8 Å². The van der Waals surface area contributed by atoms with Crippen molar-refractivity contribution in [3.8, 4) is 0 Å². The van der Waals surface area contributed by atoms with Gasteiger partial charge < -0.3 is 10.2 Å². The second-order valence-electron chi connectivity index (χ2n) is 6.30. The summed E-state index contributed by atoms with van der Waals surface area (Å²) in [6, 6.07) is 9.85. The van der Waals surface area contributed by atoms with Crippen LogP contribution in [0.4, 0.5) is 5.13 Å². The molecule has 5 heteroatoms. The maximum atomic E-state index is 4.83. The number of hydrogen-bond acceptors (Lipinski definition) is 5. The molecule has 3 nitrogen and oxygen atoms in total. The van der Waals surface area contributed by atoms with E-state index in [0.717, 1.165) is 24.6 Å². The second kappa shape index (κ2) is 6.77. The van der Waals surface area contributed by atoms with E-state index in [1.807, 2.05) is 11.3 Å². The predicted octanol–water partition coefficient (Wildman–Crippen LogP) is 3.75. The molecule has 3 heterocycles. The molecule has 0 unspecified atom stereocenters. The van der Waals surface area contributed by atoms with Gasteiger partial charge in [-0.05, 0) is 49.3 Å². The normalized spacial score (nSPS) is 24.0. The molecule has 2 aromatic rings. The summed E-state index contributed by atoms with van der Waals surface area (Å²) in [7, 11) is 0. The molecule has 0 radical (unpaired) electrons. The molecule has 1 aromatic heterocycles. The third kappa shape index (κ3) is 3.26. The van der Waals surface area contributed by atoms with Crippen molar-refractivity contribution in [2.75, 3.05) is 29.5 Å². The molecule has 2 aliphatic rings. The Morgan fingerprint density at radius 3 is 2.82 bits per heavy atom. The summed E-state index contributed by atoms with van der Waals surface area (Å²) in [6.45, 7) is 2.27. The van der Waals surface area contributed by atoms with Crippen molar-refractivity contribution >= 4 is 38.4 Å². The molecule has 2 aliphatic heterocycles. The van der Waals surface area contributed by atoms with Gasteiger partial charge in [-0.3, -0.25) is 0 Å². The summed E-state index contributed by atoms with van der Waals surface area (Å²) in [5, 5.41) is 5.11. The standard InChI is InChI=1S/C17H23N3S2/c1-2-6-16-15(5-1)19-17(22-16)20-9-3-4-14(12-20)18-13-7-10-21-11-8-13/h1-2,5-6,13-14,18H,3-4,7-12H2/t14-/m1/s1. The van der Waals surface area contributed by atoms with Gasteiger partial charge in [0.05, 0.1) is 10.2 Å². The first-order valence-corrected chi connectivity index (χ1v) is 10.3. The summed E-state index contributed by atoms with van der Waals surface area (Å²) in [5.74, 6) is 2.65. The van der Waals surface area contributed by atoms with Crippen molar-refractivity contribution in [2.45, 2.75) is 37.8 Å². The third-order valence-electron chi connectivity index (χ3n) is 4.67. The summed E-state index contributed by atoms with van der Waals surface area (Å²) in [6.07, 6.45) is 5.25. The van der Waals surface area contributed by atoms with Crippen LogP contribution in [0, 0.1) is 0 Å². The Morgan fingerprint density at radius 1 is 1.09 bits per heavy atom. The van der Waals surface area contributed by atoms with Gasteiger partial charge in [0, 0.05) is 25.2 Å². The number of aromatic nitrogens is 1. The van der Waals surface area contributed by atoms with Crippen molar-refractivity contribution < 1.29 is 0 Å². The third-order valence-corrected chi connectivity index (χ3v) is 6.81. The number of rotatable bonds is 3.